The Kier molecular flexibility index (Phi) is 6.99. The predicted octanol–water partition coefficient (Wildman–Crippen LogP) is 3.13. The molecule has 212 valence electrons. The number of imidazole rings is 1. The first-order valence-electron chi connectivity index (χ1n) is 13.4. The molecule has 0 unspecified atom stereocenters. The van der Waals surface area contributed by atoms with Crippen molar-refractivity contribution in [2.45, 2.75) is 13.0 Å². The van der Waals surface area contributed by atoms with Crippen LogP contribution in [-0.2, 0) is 23.6 Å². The Labute approximate surface area is 244 Å². The molecule has 42 heavy (non-hydrogen) atoms. The number of esters is 1. The van der Waals surface area contributed by atoms with Gasteiger partial charge >= 0.3 is 11.7 Å². The van der Waals surface area contributed by atoms with E-state index in [1.54, 1.807) is 47.9 Å². The van der Waals surface area contributed by atoms with Crippen molar-refractivity contribution in [2.75, 3.05) is 13.7 Å². The summed E-state index contributed by atoms with van der Waals surface area (Å²) < 4.78 is 16.2. The van der Waals surface area contributed by atoms with Crippen molar-refractivity contribution >= 4 is 40.1 Å². The Bertz CT molecular complexity index is 2130. The van der Waals surface area contributed by atoms with E-state index in [0.29, 0.717) is 26.3 Å². The summed E-state index contributed by atoms with van der Waals surface area (Å²) in [6.07, 6.45) is 1.79. The van der Waals surface area contributed by atoms with Gasteiger partial charge in [-0.15, -0.1) is 0 Å². The first-order chi connectivity index (χ1) is 20.3. The van der Waals surface area contributed by atoms with Gasteiger partial charge in [-0.3, -0.25) is 18.5 Å². The molecular formula is C32H28N4O5S. The monoisotopic (exact) mass is 580 g/mol. The number of aryl methyl sites for hydroxylation is 2. The van der Waals surface area contributed by atoms with Crippen molar-refractivity contribution in [3.8, 4) is 5.75 Å². The zero-order valence-electron chi connectivity index (χ0n) is 23.5. The normalized spacial score (nSPS) is 15.0. The van der Waals surface area contributed by atoms with Gasteiger partial charge in [0.2, 0.25) is 0 Å². The summed E-state index contributed by atoms with van der Waals surface area (Å²) in [5.74, 6) is 0.0514. The van der Waals surface area contributed by atoms with Gasteiger partial charge in [-0.25, -0.2) is 14.6 Å². The van der Waals surface area contributed by atoms with Gasteiger partial charge in [0.1, 0.15) is 5.75 Å². The van der Waals surface area contributed by atoms with E-state index in [4.69, 9.17) is 14.5 Å². The number of aromatic nitrogens is 3. The van der Waals surface area contributed by atoms with E-state index < -0.39 is 12.0 Å². The fraction of sp³-hybridized carbons (Fsp3) is 0.188. The largest absolute Gasteiger partial charge is 0.497 e. The van der Waals surface area contributed by atoms with Crippen molar-refractivity contribution in [1.82, 2.24) is 13.7 Å². The fourth-order valence-corrected chi connectivity index (χ4v) is 6.33. The average molecular weight is 581 g/mol. The molecule has 0 amide bonds. The Morgan fingerprint density at radius 1 is 0.976 bits per heavy atom. The van der Waals surface area contributed by atoms with E-state index in [-0.39, 0.29) is 23.4 Å². The van der Waals surface area contributed by atoms with Crippen molar-refractivity contribution in [3.05, 3.63) is 125 Å². The van der Waals surface area contributed by atoms with Crippen molar-refractivity contribution in [2.24, 2.45) is 19.1 Å². The number of carbonyl (C=O) groups is 1. The van der Waals surface area contributed by atoms with E-state index in [1.165, 1.54) is 11.3 Å². The van der Waals surface area contributed by atoms with Gasteiger partial charge in [0.05, 0.1) is 46.6 Å². The molecule has 0 saturated heterocycles. The summed E-state index contributed by atoms with van der Waals surface area (Å²) in [5.41, 5.74) is 4.06. The minimum Gasteiger partial charge on any atom is -0.497 e. The molecule has 9 nitrogen and oxygen atoms in total. The smallest absolute Gasteiger partial charge is 0.338 e. The second-order valence-corrected chi connectivity index (χ2v) is 10.9. The molecule has 1 atom stereocenters. The van der Waals surface area contributed by atoms with Crippen LogP contribution in [0.3, 0.4) is 0 Å². The third kappa shape index (κ3) is 4.50. The number of methoxy groups -OCH3 is 1. The number of carbonyl (C=O) groups excluding carboxylic acids is 1. The van der Waals surface area contributed by atoms with E-state index in [2.05, 4.69) is 0 Å². The van der Waals surface area contributed by atoms with Crippen LogP contribution in [-0.4, -0.2) is 33.4 Å². The molecule has 0 aliphatic carbocycles. The lowest BCUT2D eigenvalue weighted by molar-refractivity contribution is -0.138. The maximum absolute atomic E-state index is 14.1. The van der Waals surface area contributed by atoms with Crippen LogP contribution < -0.4 is 25.3 Å². The second kappa shape index (κ2) is 10.8. The molecule has 0 N–H and O–H groups in total. The maximum atomic E-state index is 14.1. The molecule has 0 fully saturated rings. The van der Waals surface area contributed by atoms with Gasteiger partial charge in [0.15, 0.2) is 4.80 Å². The summed E-state index contributed by atoms with van der Waals surface area (Å²) >= 11 is 1.25. The lowest BCUT2D eigenvalue weighted by Crippen LogP contribution is -2.40. The molecule has 2 aromatic heterocycles. The highest BCUT2D eigenvalue weighted by Crippen LogP contribution is 2.36. The van der Waals surface area contributed by atoms with Gasteiger partial charge in [-0.2, -0.15) is 0 Å². The van der Waals surface area contributed by atoms with E-state index >= 15 is 0 Å². The van der Waals surface area contributed by atoms with Gasteiger partial charge in [-0.05, 0) is 48.4 Å². The fourth-order valence-electron chi connectivity index (χ4n) is 5.33. The molecule has 0 bridgehead atoms. The summed E-state index contributed by atoms with van der Waals surface area (Å²) in [4.78, 5) is 45.5. The molecule has 1 aliphatic heterocycles. The molecule has 3 aromatic carbocycles. The second-order valence-electron chi connectivity index (χ2n) is 9.86. The Morgan fingerprint density at radius 3 is 2.48 bits per heavy atom. The summed E-state index contributed by atoms with van der Waals surface area (Å²) in [6.45, 7) is 1.92. The standard InChI is InChI=1S/C32H28N4O5S/c1-5-41-30(38)26-27(20-10-7-6-8-11-20)33-31-36(28(26)21-12-9-13-22(18-21)40-4)29(37)25(42-31)17-19-14-15-23-24(16-19)35(3)32(39)34(23)2/h6-18,28H,5H2,1-4H3/b25-17+/t28-/m1/s1. The number of fused-ring (bicyclic) bond motifs is 2. The lowest BCUT2D eigenvalue weighted by atomic mass is 9.93. The topological polar surface area (TPSA) is 96.8 Å². The summed E-state index contributed by atoms with van der Waals surface area (Å²) in [5, 5.41) is 0. The molecule has 5 aromatic rings. The third-order valence-corrected chi connectivity index (χ3v) is 8.36. The zero-order valence-corrected chi connectivity index (χ0v) is 24.3. The number of benzene rings is 3. The average Bonchev–Trinajstić information content (AvgIpc) is 3.44. The Morgan fingerprint density at radius 2 is 1.74 bits per heavy atom. The maximum Gasteiger partial charge on any atom is 0.338 e. The third-order valence-electron chi connectivity index (χ3n) is 7.38. The molecule has 0 spiro atoms. The minimum atomic E-state index is -0.801. The number of ether oxygens (including phenoxy) is 2. The molecule has 6 rings (SSSR count). The summed E-state index contributed by atoms with van der Waals surface area (Å²) in [6, 6.07) is 21.6. The predicted molar refractivity (Wildman–Crippen MR) is 162 cm³/mol. The molecule has 3 heterocycles. The quantitative estimate of drug-likeness (QED) is 0.288. The van der Waals surface area contributed by atoms with E-state index in [0.717, 1.165) is 22.2 Å². The number of rotatable bonds is 6. The molecule has 1 aliphatic rings. The number of nitrogens with zero attached hydrogens (tertiary/aromatic N) is 4. The van der Waals surface area contributed by atoms with Gasteiger partial charge in [-0.1, -0.05) is 59.9 Å². The molecule has 10 heteroatoms. The minimum absolute atomic E-state index is 0.125. The first kappa shape index (κ1) is 27.2. The van der Waals surface area contributed by atoms with Crippen LogP contribution in [0.1, 0.15) is 29.7 Å². The number of hydrogen-bond donors (Lipinski definition) is 0. The lowest BCUT2D eigenvalue weighted by Gasteiger charge is -2.26. The van der Waals surface area contributed by atoms with Crippen molar-refractivity contribution < 1.29 is 14.3 Å². The van der Waals surface area contributed by atoms with Crippen LogP contribution in [0.5, 0.6) is 5.75 Å². The highest BCUT2D eigenvalue weighted by atomic mass is 32.1. The van der Waals surface area contributed by atoms with Crippen LogP contribution in [0.4, 0.5) is 0 Å². The molecular weight excluding hydrogens is 552 g/mol. The van der Waals surface area contributed by atoms with Crippen LogP contribution in [0.2, 0.25) is 0 Å². The van der Waals surface area contributed by atoms with Gasteiger partial charge in [0, 0.05) is 19.7 Å². The highest BCUT2D eigenvalue weighted by Gasteiger charge is 2.35. The summed E-state index contributed by atoms with van der Waals surface area (Å²) in [7, 11) is 5.02. The van der Waals surface area contributed by atoms with Crippen LogP contribution in [0, 0.1) is 0 Å². The first-order valence-corrected chi connectivity index (χ1v) is 14.2. The number of thiazole rings is 1. The highest BCUT2D eigenvalue weighted by molar-refractivity contribution is 7.07. The van der Waals surface area contributed by atoms with E-state index in [1.807, 2.05) is 72.8 Å². The number of hydrogen-bond acceptors (Lipinski definition) is 7. The van der Waals surface area contributed by atoms with Crippen LogP contribution in [0.15, 0.2) is 93.0 Å². The van der Waals surface area contributed by atoms with Gasteiger partial charge < -0.3 is 9.47 Å². The van der Waals surface area contributed by atoms with Gasteiger partial charge in [0.25, 0.3) is 5.56 Å². The SMILES string of the molecule is CCOC(=O)C1=C(c2ccccc2)N=c2s/c(=C/c3ccc4c(c3)n(C)c(=O)n4C)c(=O)n2[C@@H]1c1cccc(OC)c1. The molecule has 0 radical (unpaired) electrons. The van der Waals surface area contributed by atoms with Crippen LogP contribution >= 0.6 is 11.3 Å². The van der Waals surface area contributed by atoms with Crippen molar-refractivity contribution in [3.63, 3.8) is 0 Å². The van der Waals surface area contributed by atoms with E-state index in [9.17, 15) is 14.4 Å². The zero-order chi connectivity index (χ0) is 29.5. The van der Waals surface area contributed by atoms with Crippen LogP contribution in [0.25, 0.3) is 22.8 Å². The van der Waals surface area contributed by atoms with Crippen molar-refractivity contribution in [1.29, 1.82) is 0 Å². The molecule has 0 saturated carbocycles. The Balaban J connectivity index is 1.64. The Hall–Kier alpha value is -4.96.